The van der Waals surface area contributed by atoms with E-state index in [-0.39, 0.29) is 23.1 Å². The number of carbonyl (C=O) groups is 1. The minimum Gasteiger partial charge on any atom is -0.508 e. The van der Waals surface area contributed by atoms with Gasteiger partial charge in [0.2, 0.25) is 15.9 Å². The Labute approximate surface area is 210 Å². The van der Waals surface area contributed by atoms with Crippen molar-refractivity contribution in [2.24, 2.45) is 0 Å². The second-order valence-electron chi connectivity index (χ2n) is 8.41. The molecule has 0 radical (unpaired) electrons. The smallest absolute Gasteiger partial charge is 0.244 e. The normalized spacial score (nSPS) is 16.5. The molecule has 1 heterocycles. The van der Waals surface area contributed by atoms with Crippen LogP contribution in [0, 0.1) is 0 Å². The first-order valence-electron chi connectivity index (χ1n) is 11.4. The predicted molar refractivity (Wildman–Crippen MR) is 134 cm³/mol. The molecule has 1 amide bonds. The molecule has 1 atom stereocenters. The Hall–Kier alpha value is -3.07. The van der Waals surface area contributed by atoms with Crippen molar-refractivity contribution in [3.63, 3.8) is 0 Å². The molecule has 0 spiro atoms. The van der Waals surface area contributed by atoms with Crippen molar-refractivity contribution >= 4 is 27.5 Å². The molecule has 1 saturated heterocycles. The second-order valence-corrected chi connectivity index (χ2v) is 10.7. The molecule has 35 heavy (non-hydrogen) atoms. The molecular formula is C26H27ClN2O5S. The van der Waals surface area contributed by atoms with E-state index in [9.17, 15) is 18.3 Å². The Morgan fingerprint density at radius 1 is 0.943 bits per heavy atom. The van der Waals surface area contributed by atoms with Crippen LogP contribution < -0.4 is 10.1 Å². The topological polar surface area (TPSA) is 95.9 Å². The number of rotatable bonds is 8. The van der Waals surface area contributed by atoms with Gasteiger partial charge in [-0.1, -0.05) is 35.9 Å². The van der Waals surface area contributed by atoms with E-state index in [0.717, 1.165) is 24.0 Å². The highest BCUT2D eigenvalue weighted by molar-refractivity contribution is 7.89. The van der Waals surface area contributed by atoms with Crippen LogP contribution in [0.4, 0.5) is 0 Å². The molecule has 2 N–H and O–H groups in total. The Morgan fingerprint density at radius 3 is 2.29 bits per heavy atom. The molecule has 3 aromatic carbocycles. The van der Waals surface area contributed by atoms with Crippen molar-refractivity contribution in [2.45, 2.75) is 43.4 Å². The number of amides is 1. The number of ether oxygens (including phenoxy) is 1. The van der Waals surface area contributed by atoms with E-state index < -0.39 is 16.1 Å². The summed E-state index contributed by atoms with van der Waals surface area (Å²) < 4.78 is 34.3. The molecular weight excluding hydrogens is 488 g/mol. The number of nitrogens with zero attached hydrogens (tertiary/aromatic N) is 1. The molecule has 0 bridgehead atoms. The van der Waals surface area contributed by atoms with Crippen LogP contribution in [0.3, 0.4) is 0 Å². The molecule has 3 aromatic rings. The average molecular weight is 515 g/mol. The number of sulfonamides is 1. The summed E-state index contributed by atoms with van der Waals surface area (Å²) in [4.78, 5) is 12.9. The number of nitrogens with one attached hydrogen (secondary N) is 1. The summed E-state index contributed by atoms with van der Waals surface area (Å²) in [5, 5.41) is 12.7. The lowest BCUT2D eigenvalue weighted by atomic mass is 10.1. The molecule has 9 heteroatoms. The summed E-state index contributed by atoms with van der Waals surface area (Å²) in [7, 11) is -3.96. The quantitative estimate of drug-likeness (QED) is 0.462. The van der Waals surface area contributed by atoms with E-state index in [0.29, 0.717) is 30.3 Å². The zero-order chi connectivity index (χ0) is 24.8. The SMILES string of the molecule is O=C1NCCCCC1N(Cc1ccc(OCc2ccc(O)cc2)cc1)S(=O)(=O)c1ccc(Cl)cc1. The van der Waals surface area contributed by atoms with Crippen molar-refractivity contribution in [1.29, 1.82) is 0 Å². The molecule has 1 unspecified atom stereocenters. The maximum absolute atomic E-state index is 13.6. The first kappa shape index (κ1) is 25.0. The Morgan fingerprint density at radius 2 is 1.60 bits per heavy atom. The Balaban J connectivity index is 1.55. The lowest BCUT2D eigenvalue weighted by Crippen LogP contribution is -2.48. The second kappa shape index (κ2) is 11.1. The van der Waals surface area contributed by atoms with E-state index in [1.165, 1.54) is 28.6 Å². The number of phenols is 1. The Bertz CT molecular complexity index is 1250. The van der Waals surface area contributed by atoms with E-state index in [4.69, 9.17) is 16.3 Å². The molecule has 1 aliphatic heterocycles. The van der Waals surface area contributed by atoms with E-state index >= 15 is 0 Å². The van der Waals surface area contributed by atoms with Crippen molar-refractivity contribution in [3.8, 4) is 11.5 Å². The number of halogens is 1. The van der Waals surface area contributed by atoms with Crippen LogP contribution in [0.5, 0.6) is 11.5 Å². The minimum absolute atomic E-state index is 0.0429. The fourth-order valence-corrected chi connectivity index (χ4v) is 5.66. The third-order valence-corrected chi connectivity index (χ3v) is 8.00. The molecule has 4 rings (SSSR count). The van der Waals surface area contributed by atoms with Gasteiger partial charge in [0, 0.05) is 18.1 Å². The molecule has 0 aromatic heterocycles. The first-order valence-corrected chi connectivity index (χ1v) is 13.2. The van der Waals surface area contributed by atoms with Gasteiger partial charge in [-0.3, -0.25) is 4.79 Å². The molecule has 0 saturated carbocycles. The summed E-state index contributed by atoms with van der Waals surface area (Å²) in [6.07, 6.45) is 2.01. The predicted octanol–water partition coefficient (Wildman–Crippen LogP) is 4.48. The van der Waals surface area contributed by atoms with E-state index in [1.54, 1.807) is 48.5 Å². The minimum atomic E-state index is -3.96. The largest absolute Gasteiger partial charge is 0.508 e. The number of phenolic OH excluding ortho intramolecular Hbond substituents is 1. The van der Waals surface area contributed by atoms with Crippen molar-refractivity contribution < 1.29 is 23.1 Å². The maximum Gasteiger partial charge on any atom is 0.244 e. The monoisotopic (exact) mass is 514 g/mol. The number of hydrogen-bond donors (Lipinski definition) is 2. The van der Waals surface area contributed by atoms with Gasteiger partial charge in [0.1, 0.15) is 24.1 Å². The number of carbonyl (C=O) groups excluding carboxylic acids is 1. The van der Waals surface area contributed by atoms with E-state index in [2.05, 4.69) is 5.32 Å². The maximum atomic E-state index is 13.6. The van der Waals surface area contributed by atoms with Crippen molar-refractivity contribution in [2.75, 3.05) is 6.54 Å². The zero-order valence-electron chi connectivity index (χ0n) is 19.1. The van der Waals surface area contributed by atoms with Crippen LogP contribution in [0.1, 0.15) is 30.4 Å². The van der Waals surface area contributed by atoms with Gasteiger partial charge in [-0.2, -0.15) is 4.31 Å². The van der Waals surface area contributed by atoms with Gasteiger partial charge in [-0.15, -0.1) is 0 Å². The zero-order valence-corrected chi connectivity index (χ0v) is 20.6. The molecule has 7 nitrogen and oxygen atoms in total. The van der Waals surface area contributed by atoms with Crippen LogP contribution in [0.2, 0.25) is 5.02 Å². The summed E-state index contributed by atoms with van der Waals surface area (Å²) in [6, 6.07) is 19.1. The third-order valence-electron chi connectivity index (χ3n) is 5.88. The van der Waals surface area contributed by atoms with Crippen LogP contribution in [0.25, 0.3) is 0 Å². The van der Waals surface area contributed by atoms with Crippen molar-refractivity contribution in [3.05, 3.63) is 88.9 Å². The number of aromatic hydroxyl groups is 1. The number of benzene rings is 3. The fourth-order valence-electron chi connectivity index (χ4n) is 3.93. The lowest BCUT2D eigenvalue weighted by Gasteiger charge is -2.29. The van der Waals surface area contributed by atoms with Crippen LogP contribution in [-0.4, -0.2) is 36.3 Å². The van der Waals surface area contributed by atoms with Gasteiger partial charge in [0.15, 0.2) is 0 Å². The highest BCUT2D eigenvalue weighted by Crippen LogP contribution is 2.26. The first-order chi connectivity index (χ1) is 16.8. The standard InChI is InChI=1S/C26H27ClN2O5S/c27-21-8-14-24(15-9-21)35(32,33)29(25-3-1-2-16-28-26(25)31)17-19-6-12-23(13-7-19)34-18-20-4-10-22(30)11-5-20/h4-15,25,30H,1-3,16-18H2,(H,28,31). The third kappa shape index (κ3) is 6.33. The van der Waals surface area contributed by atoms with Gasteiger partial charge in [0.05, 0.1) is 4.90 Å². The Kier molecular flexibility index (Phi) is 7.95. The highest BCUT2D eigenvalue weighted by atomic mass is 35.5. The number of hydrogen-bond acceptors (Lipinski definition) is 5. The molecule has 0 aliphatic carbocycles. The summed E-state index contributed by atoms with van der Waals surface area (Å²) in [5.41, 5.74) is 1.64. The van der Waals surface area contributed by atoms with Gasteiger partial charge in [-0.05, 0) is 78.9 Å². The summed E-state index contributed by atoms with van der Waals surface area (Å²) >= 11 is 5.96. The van der Waals surface area contributed by atoms with Crippen LogP contribution in [-0.2, 0) is 28.0 Å². The fraction of sp³-hybridized carbons (Fsp3) is 0.269. The summed E-state index contributed by atoms with van der Waals surface area (Å²) in [5.74, 6) is 0.536. The average Bonchev–Trinajstić information content (AvgIpc) is 3.07. The molecule has 1 aliphatic rings. The van der Waals surface area contributed by atoms with Crippen molar-refractivity contribution in [1.82, 2.24) is 9.62 Å². The molecule has 184 valence electrons. The molecule has 1 fully saturated rings. The summed E-state index contributed by atoms with van der Waals surface area (Å²) in [6.45, 7) is 0.914. The van der Waals surface area contributed by atoms with Gasteiger partial charge < -0.3 is 15.2 Å². The highest BCUT2D eigenvalue weighted by Gasteiger charge is 2.36. The van der Waals surface area contributed by atoms with Gasteiger partial charge in [-0.25, -0.2) is 8.42 Å². The van der Waals surface area contributed by atoms with Crippen LogP contribution >= 0.6 is 11.6 Å². The van der Waals surface area contributed by atoms with Gasteiger partial charge in [0.25, 0.3) is 0 Å². The van der Waals surface area contributed by atoms with Crippen LogP contribution in [0.15, 0.2) is 77.7 Å². The van der Waals surface area contributed by atoms with Gasteiger partial charge >= 0.3 is 0 Å². The van der Waals surface area contributed by atoms with E-state index in [1.807, 2.05) is 0 Å². The lowest BCUT2D eigenvalue weighted by molar-refractivity contribution is -0.124.